The van der Waals surface area contributed by atoms with Gasteiger partial charge in [-0.25, -0.2) is 9.78 Å². The van der Waals surface area contributed by atoms with Gasteiger partial charge in [-0.2, -0.15) is 0 Å². The fraction of sp³-hybridized carbons (Fsp3) is 0.579. The molecular formula is C19H23N3O5S. The highest BCUT2D eigenvalue weighted by Gasteiger charge is 2.28. The van der Waals surface area contributed by atoms with E-state index in [1.807, 2.05) is 13.8 Å². The van der Waals surface area contributed by atoms with E-state index >= 15 is 0 Å². The third-order valence-electron chi connectivity index (χ3n) is 5.20. The van der Waals surface area contributed by atoms with Crippen molar-refractivity contribution in [2.24, 2.45) is 0 Å². The molecule has 2 aliphatic rings. The van der Waals surface area contributed by atoms with Crippen LogP contribution in [0.15, 0.2) is 4.79 Å². The van der Waals surface area contributed by atoms with Gasteiger partial charge in [0.25, 0.3) is 11.5 Å². The van der Waals surface area contributed by atoms with Gasteiger partial charge in [-0.15, -0.1) is 11.3 Å². The van der Waals surface area contributed by atoms with Gasteiger partial charge in [0.1, 0.15) is 15.5 Å². The van der Waals surface area contributed by atoms with Gasteiger partial charge in [-0.05, 0) is 32.8 Å². The number of amides is 1. The van der Waals surface area contributed by atoms with E-state index in [4.69, 9.17) is 9.47 Å². The number of aryl methyl sites for hydroxylation is 2. The van der Waals surface area contributed by atoms with Gasteiger partial charge in [0.05, 0.1) is 17.6 Å². The lowest BCUT2D eigenvalue weighted by Gasteiger charge is -2.35. The topological polar surface area (TPSA) is 90.7 Å². The zero-order valence-electron chi connectivity index (χ0n) is 16.2. The van der Waals surface area contributed by atoms with Crippen LogP contribution in [0.5, 0.6) is 0 Å². The molecule has 0 aromatic carbocycles. The smallest absolute Gasteiger partial charge is 0.349 e. The van der Waals surface area contributed by atoms with Crippen LogP contribution in [-0.4, -0.2) is 58.2 Å². The minimum Gasteiger partial charge on any atom is -0.451 e. The number of carbonyl (C=O) groups is 2. The van der Waals surface area contributed by atoms with Crippen LogP contribution in [0.25, 0.3) is 10.2 Å². The average Bonchev–Trinajstić information content (AvgIpc) is 3.24. The summed E-state index contributed by atoms with van der Waals surface area (Å²) < 4.78 is 12.6. The highest BCUT2D eigenvalue weighted by Crippen LogP contribution is 2.29. The molecule has 1 fully saturated rings. The Labute approximate surface area is 166 Å². The fourth-order valence-corrected chi connectivity index (χ4v) is 5.02. The third-order valence-corrected chi connectivity index (χ3v) is 6.36. The maximum Gasteiger partial charge on any atom is 0.349 e. The van der Waals surface area contributed by atoms with Gasteiger partial charge in [-0.1, -0.05) is 0 Å². The predicted molar refractivity (Wildman–Crippen MR) is 104 cm³/mol. The van der Waals surface area contributed by atoms with E-state index < -0.39 is 5.97 Å². The van der Waals surface area contributed by atoms with Crippen LogP contribution in [0.4, 0.5) is 0 Å². The number of aromatic nitrogens is 2. The molecular weight excluding hydrogens is 382 g/mol. The lowest BCUT2D eigenvalue weighted by atomic mass is 10.2. The van der Waals surface area contributed by atoms with E-state index in [0.717, 1.165) is 30.0 Å². The second kappa shape index (κ2) is 7.29. The standard InChI is InChI=1S/C19H23N3O5S/c1-10-7-21(8-11(2)27-10)14(23)9-26-19(25)16-12(3)15-17(28-16)20-13-5-4-6-22(13)18(15)24/h10-11H,4-9H2,1-3H3/t10-,11+. The number of morpholine rings is 1. The number of thiophene rings is 1. The SMILES string of the molecule is Cc1c(C(=O)OCC(=O)N2C[C@@H](C)O[C@@H](C)C2)sc2nc3n(c(=O)c12)CCC3. The molecule has 0 N–H and O–H groups in total. The van der Waals surface area contributed by atoms with Crippen molar-refractivity contribution in [3.63, 3.8) is 0 Å². The summed E-state index contributed by atoms with van der Waals surface area (Å²) in [6.45, 7) is 6.85. The van der Waals surface area contributed by atoms with Crippen LogP contribution in [-0.2, 0) is 27.2 Å². The number of hydrogen-bond acceptors (Lipinski definition) is 7. The van der Waals surface area contributed by atoms with Crippen molar-refractivity contribution in [1.29, 1.82) is 0 Å². The van der Waals surface area contributed by atoms with Crippen molar-refractivity contribution in [3.8, 4) is 0 Å². The van der Waals surface area contributed by atoms with Crippen LogP contribution in [0.3, 0.4) is 0 Å². The number of hydrogen-bond donors (Lipinski definition) is 0. The Morgan fingerprint density at radius 3 is 2.71 bits per heavy atom. The Kier molecular flexibility index (Phi) is 4.96. The van der Waals surface area contributed by atoms with Gasteiger partial charge in [0.15, 0.2) is 6.61 Å². The Morgan fingerprint density at radius 2 is 2.00 bits per heavy atom. The number of rotatable bonds is 3. The Morgan fingerprint density at radius 1 is 1.29 bits per heavy atom. The molecule has 0 spiro atoms. The maximum atomic E-state index is 12.7. The molecule has 0 aliphatic carbocycles. The summed E-state index contributed by atoms with van der Waals surface area (Å²) in [5.41, 5.74) is 0.475. The molecule has 4 rings (SSSR count). The highest BCUT2D eigenvalue weighted by atomic mass is 32.1. The second-order valence-corrected chi connectivity index (χ2v) is 8.46. The fourth-order valence-electron chi connectivity index (χ4n) is 3.94. The first-order valence-electron chi connectivity index (χ1n) is 9.48. The Bertz CT molecular complexity index is 1000. The van der Waals surface area contributed by atoms with Crippen molar-refractivity contribution in [2.75, 3.05) is 19.7 Å². The summed E-state index contributed by atoms with van der Waals surface area (Å²) >= 11 is 1.16. The molecule has 1 saturated heterocycles. The van der Waals surface area contributed by atoms with Crippen LogP contribution >= 0.6 is 11.3 Å². The van der Waals surface area contributed by atoms with E-state index in [-0.39, 0.29) is 30.3 Å². The highest BCUT2D eigenvalue weighted by molar-refractivity contribution is 7.20. The van der Waals surface area contributed by atoms with Crippen molar-refractivity contribution >= 4 is 33.4 Å². The maximum absolute atomic E-state index is 12.7. The minimum absolute atomic E-state index is 0.0470. The van der Waals surface area contributed by atoms with Gasteiger partial charge in [0, 0.05) is 26.1 Å². The minimum atomic E-state index is -0.590. The van der Waals surface area contributed by atoms with E-state index in [0.29, 0.717) is 40.3 Å². The van der Waals surface area contributed by atoms with Crippen LogP contribution in [0.2, 0.25) is 0 Å². The van der Waals surface area contributed by atoms with Crippen molar-refractivity contribution < 1.29 is 19.1 Å². The molecule has 2 atom stereocenters. The first-order chi connectivity index (χ1) is 13.3. The van der Waals surface area contributed by atoms with E-state index in [1.165, 1.54) is 0 Å². The van der Waals surface area contributed by atoms with Crippen molar-refractivity contribution in [1.82, 2.24) is 14.5 Å². The lowest BCUT2D eigenvalue weighted by Crippen LogP contribution is -2.49. The lowest BCUT2D eigenvalue weighted by molar-refractivity contribution is -0.146. The molecule has 0 saturated carbocycles. The normalized spacial score (nSPS) is 21.8. The molecule has 2 aliphatic heterocycles. The van der Waals surface area contributed by atoms with Gasteiger partial charge in [-0.3, -0.25) is 14.2 Å². The first kappa shape index (κ1) is 19.1. The van der Waals surface area contributed by atoms with Crippen LogP contribution in [0.1, 0.15) is 41.3 Å². The number of esters is 1. The molecule has 0 radical (unpaired) electrons. The molecule has 150 valence electrons. The average molecular weight is 405 g/mol. The van der Waals surface area contributed by atoms with Crippen molar-refractivity contribution in [2.45, 2.75) is 52.4 Å². The Balaban J connectivity index is 1.50. The van der Waals surface area contributed by atoms with E-state index in [2.05, 4.69) is 4.98 Å². The van der Waals surface area contributed by atoms with Crippen molar-refractivity contribution in [3.05, 3.63) is 26.6 Å². The summed E-state index contributed by atoms with van der Waals surface area (Å²) in [6.07, 6.45) is 1.59. The van der Waals surface area contributed by atoms with E-state index in [9.17, 15) is 14.4 Å². The first-order valence-corrected chi connectivity index (χ1v) is 10.3. The summed E-state index contributed by atoms with van der Waals surface area (Å²) in [5.74, 6) is -0.0662. The molecule has 8 nitrogen and oxygen atoms in total. The summed E-state index contributed by atoms with van der Waals surface area (Å²) in [5, 5.41) is 0.477. The second-order valence-electron chi connectivity index (χ2n) is 7.46. The van der Waals surface area contributed by atoms with Crippen LogP contribution < -0.4 is 5.56 Å². The summed E-state index contributed by atoms with van der Waals surface area (Å²) in [7, 11) is 0. The summed E-state index contributed by atoms with van der Waals surface area (Å²) in [6, 6.07) is 0. The predicted octanol–water partition coefficient (Wildman–Crippen LogP) is 1.51. The molecule has 2 aromatic rings. The van der Waals surface area contributed by atoms with E-state index in [1.54, 1.807) is 16.4 Å². The van der Waals surface area contributed by atoms with Gasteiger partial charge in [0.2, 0.25) is 0 Å². The quantitative estimate of drug-likeness (QED) is 0.719. The van der Waals surface area contributed by atoms with Gasteiger partial charge >= 0.3 is 5.97 Å². The Hall–Kier alpha value is -2.26. The third kappa shape index (κ3) is 3.33. The largest absolute Gasteiger partial charge is 0.451 e. The molecule has 0 bridgehead atoms. The number of fused-ring (bicyclic) bond motifs is 2. The zero-order chi connectivity index (χ0) is 20.0. The van der Waals surface area contributed by atoms with Crippen LogP contribution in [0, 0.1) is 6.92 Å². The molecule has 9 heteroatoms. The molecule has 2 aromatic heterocycles. The molecule has 4 heterocycles. The number of carbonyl (C=O) groups excluding carboxylic acids is 2. The molecule has 28 heavy (non-hydrogen) atoms. The van der Waals surface area contributed by atoms with Gasteiger partial charge < -0.3 is 14.4 Å². The molecule has 0 unspecified atom stereocenters. The summed E-state index contributed by atoms with van der Waals surface area (Å²) in [4.78, 5) is 44.8. The number of ether oxygens (including phenoxy) is 2. The zero-order valence-corrected chi connectivity index (χ0v) is 17.0. The monoisotopic (exact) mass is 405 g/mol. The number of nitrogens with zero attached hydrogens (tertiary/aromatic N) is 3. The molecule has 1 amide bonds.